The van der Waals surface area contributed by atoms with E-state index in [4.69, 9.17) is 5.73 Å². The van der Waals surface area contributed by atoms with E-state index in [1.165, 1.54) is 11.1 Å². The molecular weight excluding hydrogens is 224 g/mol. The van der Waals surface area contributed by atoms with E-state index in [-0.39, 0.29) is 5.56 Å². The number of pyridine rings is 1. The van der Waals surface area contributed by atoms with E-state index < -0.39 is 0 Å². The Hall–Kier alpha value is -1.87. The monoisotopic (exact) mass is 242 g/mol. The van der Waals surface area contributed by atoms with Crippen LogP contribution in [0.1, 0.15) is 11.1 Å². The number of nitrogens with two attached hydrogens (primary N) is 1. The fraction of sp³-hybridized carbons (Fsp3) is 0.267. The van der Waals surface area contributed by atoms with Crippen LogP contribution in [0.2, 0.25) is 0 Å². The summed E-state index contributed by atoms with van der Waals surface area (Å²) in [6.45, 7) is 5.18. The molecule has 0 atom stereocenters. The van der Waals surface area contributed by atoms with Gasteiger partial charge in [0.15, 0.2) is 0 Å². The lowest BCUT2D eigenvalue weighted by molar-refractivity contribution is 0.682. The van der Waals surface area contributed by atoms with E-state index in [0.29, 0.717) is 13.1 Å². The van der Waals surface area contributed by atoms with Crippen LogP contribution in [0.5, 0.6) is 0 Å². The molecule has 0 amide bonds. The highest BCUT2D eigenvalue weighted by Gasteiger charge is 2.04. The van der Waals surface area contributed by atoms with Gasteiger partial charge in [0.1, 0.15) is 0 Å². The summed E-state index contributed by atoms with van der Waals surface area (Å²) in [4.78, 5) is 11.6. The van der Waals surface area contributed by atoms with Gasteiger partial charge in [0, 0.05) is 25.4 Å². The number of nitrogens with zero attached hydrogens (tertiary/aromatic N) is 1. The minimum absolute atomic E-state index is 0.00559. The number of hydrogen-bond donors (Lipinski definition) is 1. The molecule has 18 heavy (non-hydrogen) atoms. The van der Waals surface area contributed by atoms with Crippen molar-refractivity contribution in [3.63, 3.8) is 0 Å². The molecule has 2 rings (SSSR count). The van der Waals surface area contributed by atoms with Gasteiger partial charge in [0.25, 0.3) is 5.56 Å². The first-order valence-corrected chi connectivity index (χ1v) is 6.10. The van der Waals surface area contributed by atoms with Crippen LogP contribution < -0.4 is 11.3 Å². The number of aryl methyl sites for hydroxylation is 2. The molecular formula is C15H18N2O. The van der Waals surface area contributed by atoms with Crippen LogP contribution in [-0.4, -0.2) is 11.1 Å². The largest absolute Gasteiger partial charge is 0.329 e. The molecule has 0 aliphatic heterocycles. The molecule has 0 saturated heterocycles. The predicted molar refractivity (Wildman–Crippen MR) is 74.7 cm³/mol. The molecule has 3 heteroatoms. The SMILES string of the molecule is Cc1ccc(-c2ccc(=O)n(CCN)c2)c(C)c1. The zero-order valence-electron chi connectivity index (χ0n) is 10.8. The van der Waals surface area contributed by atoms with Gasteiger partial charge in [-0.15, -0.1) is 0 Å². The van der Waals surface area contributed by atoms with Crippen molar-refractivity contribution >= 4 is 0 Å². The average molecular weight is 242 g/mol. The zero-order valence-corrected chi connectivity index (χ0v) is 10.8. The molecule has 0 unspecified atom stereocenters. The third kappa shape index (κ3) is 2.51. The van der Waals surface area contributed by atoms with Crippen LogP contribution in [0.4, 0.5) is 0 Å². The molecule has 94 valence electrons. The molecule has 0 radical (unpaired) electrons. The Bertz CT molecular complexity index is 614. The Morgan fingerprint density at radius 3 is 2.61 bits per heavy atom. The summed E-state index contributed by atoms with van der Waals surface area (Å²) in [5, 5.41) is 0. The lowest BCUT2D eigenvalue weighted by atomic mass is 10.0. The summed E-state index contributed by atoms with van der Waals surface area (Å²) in [5.41, 5.74) is 10.2. The summed E-state index contributed by atoms with van der Waals surface area (Å²) in [5.74, 6) is 0. The van der Waals surface area contributed by atoms with Crippen LogP contribution in [0, 0.1) is 13.8 Å². The van der Waals surface area contributed by atoms with Gasteiger partial charge in [-0.3, -0.25) is 4.79 Å². The third-order valence-corrected chi connectivity index (χ3v) is 3.05. The van der Waals surface area contributed by atoms with Gasteiger partial charge in [-0.2, -0.15) is 0 Å². The van der Waals surface area contributed by atoms with E-state index in [1.54, 1.807) is 10.6 Å². The maximum Gasteiger partial charge on any atom is 0.250 e. The summed E-state index contributed by atoms with van der Waals surface area (Å²) in [6.07, 6.45) is 1.88. The Morgan fingerprint density at radius 1 is 1.17 bits per heavy atom. The van der Waals surface area contributed by atoms with Crippen molar-refractivity contribution in [2.24, 2.45) is 5.73 Å². The Balaban J connectivity index is 2.50. The summed E-state index contributed by atoms with van der Waals surface area (Å²) in [6, 6.07) is 9.79. The number of benzene rings is 1. The number of rotatable bonds is 3. The van der Waals surface area contributed by atoms with Crippen molar-refractivity contribution in [2.75, 3.05) is 6.54 Å². The van der Waals surface area contributed by atoms with E-state index in [0.717, 1.165) is 11.1 Å². The maximum atomic E-state index is 11.6. The molecule has 3 nitrogen and oxygen atoms in total. The van der Waals surface area contributed by atoms with E-state index in [1.807, 2.05) is 12.3 Å². The first-order chi connectivity index (χ1) is 8.61. The van der Waals surface area contributed by atoms with Crippen LogP contribution in [0.3, 0.4) is 0 Å². The topological polar surface area (TPSA) is 48.0 Å². The lowest BCUT2D eigenvalue weighted by Crippen LogP contribution is -2.22. The van der Waals surface area contributed by atoms with Crippen molar-refractivity contribution in [1.29, 1.82) is 0 Å². The average Bonchev–Trinajstić information content (AvgIpc) is 2.33. The second-order valence-corrected chi connectivity index (χ2v) is 4.56. The highest BCUT2D eigenvalue weighted by molar-refractivity contribution is 5.66. The smallest absolute Gasteiger partial charge is 0.250 e. The Labute approximate surface area is 107 Å². The molecule has 0 fully saturated rings. The van der Waals surface area contributed by atoms with Crippen molar-refractivity contribution in [2.45, 2.75) is 20.4 Å². The maximum absolute atomic E-state index is 11.6. The van der Waals surface area contributed by atoms with Crippen molar-refractivity contribution in [1.82, 2.24) is 4.57 Å². The highest BCUT2D eigenvalue weighted by atomic mass is 16.1. The van der Waals surface area contributed by atoms with Gasteiger partial charge in [0.05, 0.1) is 0 Å². The second kappa shape index (κ2) is 5.19. The van der Waals surface area contributed by atoms with Gasteiger partial charge >= 0.3 is 0 Å². The predicted octanol–water partition coefficient (Wildman–Crippen LogP) is 2.09. The quantitative estimate of drug-likeness (QED) is 0.896. The standard InChI is InChI=1S/C15H18N2O/c1-11-3-5-14(12(2)9-11)13-4-6-15(18)17(10-13)8-7-16/h3-6,9-10H,7-8,16H2,1-2H3. The van der Waals surface area contributed by atoms with Crippen LogP contribution in [0.15, 0.2) is 41.3 Å². The molecule has 1 heterocycles. The van der Waals surface area contributed by atoms with Gasteiger partial charge in [0.2, 0.25) is 0 Å². The van der Waals surface area contributed by atoms with Crippen molar-refractivity contribution in [3.05, 3.63) is 58.0 Å². The number of hydrogen-bond acceptors (Lipinski definition) is 2. The lowest BCUT2D eigenvalue weighted by Gasteiger charge is -2.10. The zero-order chi connectivity index (χ0) is 13.1. The van der Waals surface area contributed by atoms with E-state index >= 15 is 0 Å². The van der Waals surface area contributed by atoms with Crippen LogP contribution >= 0.6 is 0 Å². The fourth-order valence-corrected chi connectivity index (χ4v) is 2.14. The molecule has 0 aliphatic rings. The highest BCUT2D eigenvalue weighted by Crippen LogP contribution is 2.23. The third-order valence-electron chi connectivity index (χ3n) is 3.05. The van der Waals surface area contributed by atoms with Gasteiger partial charge in [-0.1, -0.05) is 23.8 Å². The first-order valence-electron chi connectivity index (χ1n) is 6.10. The first kappa shape index (κ1) is 12.6. The molecule has 0 bridgehead atoms. The molecule has 2 aromatic rings. The van der Waals surface area contributed by atoms with Gasteiger partial charge in [-0.25, -0.2) is 0 Å². The van der Waals surface area contributed by atoms with Gasteiger partial charge < -0.3 is 10.3 Å². The molecule has 2 N–H and O–H groups in total. The normalized spacial score (nSPS) is 10.6. The molecule has 1 aromatic heterocycles. The van der Waals surface area contributed by atoms with E-state index in [2.05, 4.69) is 32.0 Å². The minimum atomic E-state index is -0.00559. The summed E-state index contributed by atoms with van der Waals surface area (Å²) < 4.78 is 1.66. The second-order valence-electron chi connectivity index (χ2n) is 4.56. The summed E-state index contributed by atoms with van der Waals surface area (Å²) >= 11 is 0. The number of aromatic nitrogens is 1. The molecule has 0 aliphatic carbocycles. The molecule has 0 spiro atoms. The van der Waals surface area contributed by atoms with Crippen LogP contribution in [-0.2, 0) is 6.54 Å². The van der Waals surface area contributed by atoms with Gasteiger partial charge in [-0.05, 0) is 36.6 Å². The Kier molecular flexibility index (Phi) is 3.63. The summed E-state index contributed by atoms with van der Waals surface area (Å²) in [7, 11) is 0. The van der Waals surface area contributed by atoms with E-state index in [9.17, 15) is 4.79 Å². The van der Waals surface area contributed by atoms with Crippen molar-refractivity contribution in [3.8, 4) is 11.1 Å². The van der Waals surface area contributed by atoms with Crippen LogP contribution in [0.25, 0.3) is 11.1 Å². The van der Waals surface area contributed by atoms with Crippen molar-refractivity contribution < 1.29 is 0 Å². The fourth-order valence-electron chi connectivity index (χ4n) is 2.14. The molecule has 1 aromatic carbocycles. The Morgan fingerprint density at radius 2 is 1.94 bits per heavy atom. The minimum Gasteiger partial charge on any atom is -0.329 e. The molecule has 0 saturated carbocycles.